The fourth-order valence-corrected chi connectivity index (χ4v) is 1.86. The lowest BCUT2D eigenvalue weighted by Gasteiger charge is -1.95. The largest absolute Gasteiger partial charge is 0.241 e. The van der Waals surface area contributed by atoms with Gasteiger partial charge < -0.3 is 0 Å². The molecule has 0 radical (unpaired) electrons. The molecular weight excluding hydrogens is 190 g/mol. The van der Waals surface area contributed by atoms with Gasteiger partial charge in [0.1, 0.15) is 5.01 Å². The van der Waals surface area contributed by atoms with Gasteiger partial charge in [-0.05, 0) is 20.8 Å². The van der Waals surface area contributed by atoms with Gasteiger partial charge in [0, 0.05) is 16.6 Å². The maximum Gasteiger partial charge on any atom is 0.123 e. The number of aromatic nitrogens is 1. The minimum atomic E-state index is 1.05. The monoisotopic (exact) mass is 205 g/mol. The molecule has 1 aromatic heterocycles. The molecule has 0 amide bonds. The summed E-state index contributed by atoms with van der Waals surface area (Å²) in [5, 5.41) is 3.13. The van der Waals surface area contributed by atoms with Gasteiger partial charge in [-0.1, -0.05) is 30.4 Å². The smallest absolute Gasteiger partial charge is 0.123 e. The van der Waals surface area contributed by atoms with Crippen molar-refractivity contribution in [1.82, 2.24) is 4.98 Å². The average molecular weight is 205 g/mol. The molecule has 0 spiro atoms. The first-order valence-electron chi connectivity index (χ1n) is 4.56. The number of hydrogen-bond acceptors (Lipinski definition) is 2. The van der Waals surface area contributed by atoms with Gasteiger partial charge in [-0.2, -0.15) is 0 Å². The Morgan fingerprint density at radius 3 is 2.64 bits per heavy atom. The highest BCUT2D eigenvalue weighted by Gasteiger charge is 2.00. The Bertz CT molecular complexity index is 383. The van der Waals surface area contributed by atoms with Crippen LogP contribution in [0.4, 0.5) is 0 Å². The van der Waals surface area contributed by atoms with E-state index in [2.05, 4.69) is 29.1 Å². The molecule has 0 fully saturated rings. The van der Waals surface area contributed by atoms with Crippen molar-refractivity contribution in [2.45, 2.75) is 20.8 Å². The van der Waals surface area contributed by atoms with Gasteiger partial charge in [-0.15, -0.1) is 11.3 Å². The molecule has 0 aliphatic rings. The zero-order valence-electron chi connectivity index (χ0n) is 8.87. The summed E-state index contributed by atoms with van der Waals surface area (Å²) in [6, 6.07) is 0. The van der Waals surface area contributed by atoms with Crippen molar-refractivity contribution in [2.24, 2.45) is 0 Å². The number of aryl methyl sites for hydroxylation is 1. The van der Waals surface area contributed by atoms with Crippen LogP contribution in [0.15, 0.2) is 35.8 Å². The third-order valence-electron chi connectivity index (χ3n) is 1.72. The van der Waals surface area contributed by atoms with Crippen LogP contribution in [0.25, 0.3) is 5.57 Å². The van der Waals surface area contributed by atoms with E-state index in [9.17, 15) is 0 Å². The lowest BCUT2D eigenvalue weighted by molar-refractivity contribution is 1.24. The van der Waals surface area contributed by atoms with Crippen LogP contribution in [0.3, 0.4) is 0 Å². The van der Waals surface area contributed by atoms with Crippen LogP contribution >= 0.6 is 11.3 Å². The normalized spacial score (nSPS) is 12.4. The number of rotatable bonds is 3. The molecule has 2 heteroatoms. The molecule has 0 aliphatic heterocycles. The van der Waals surface area contributed by atoms with E-state index < -0.39 is 0 Å². The topological polar surface area (TPSA) is 12.9 Å². The van der Waals surface area contributed by atoms with Crippen molar-refractivity contribution >= 4 is 16.9 Å². The van der Waals surface area contributed by atoms with Crippen LogP contribution in [0, 0.1) is 6.92 Å². The first-order chi connectivity index (χ1) is 6.63. The standard InChI is InChI=1S/C12H15NS/c1-5-11(7-6-9(2)3)12-13-10(4)8-14-12/h5-8H,2H2,1,3-4H3/b7-6-,11-5+. The Hall–Kier alpha value is -1.15. The summed E-state index contributed by atoms with van der Waals surface area (Å²) < 4.78 is 0. The fraction of sp³-hybridized carbons (Fsp3) is 0.250. The Kier molecular flexibility index (Phi) is 3.84. The molecule has 0 atom stereocenters. The van der Waals surface area contributed by atoms with E-state index in [0.717, 1.165) is 21.8 Å². The van der Waals surface area contributed by atoms with Crippen LogP contribution in [0.2, 0.25) is 0 Å². The second-order valence-corrected chi connectivity index (χ2v) is 4.08. The van der Waals surface area contributed by atoms with E-state index in [1.165, 1.54) is 0 Å². The fourth-order valence-electron chi connectivity index (χ4n) is 1.01. The highest BCUT2D eigenvalue weighted by atomic mass is 32.1. The first-order valence-corrected chi connectivity index (χ1v) is 5.44. The highest BCUT2D eigenvalue weighted by Crippen LogP contribution is 2.20. The van der Waals surface area contributed by atoms with Gasteiger partial charge in [-0.3, -0.25) is 0 Å². The van der Waals surface area contributed by atoms with E-state index >= 15 is 0 Å². The number of nitrogens with zero attached hydrogens (tertiary/aromatic N) is 1. The molecular formula is C12H15NS. The summed E-state index contributed by atoms with van der Waals surface area (Å²) in [6.45, 7) is 9.84. The number of hydrogen-bond donors (Lipinski definition) is 0. The van der Waals surface area contributed by atoms with Crippen molar-refractivity contribution in [1.29, 1.82) is 0 Å². The Morgan fingerprint density at radius 1 is 1.50 bits per heavy atom. The molecule has 1 heterocycles. The number of allylic oxidation sites excluding steroid dienone is 5. The third kappa shape index (κ3) is 2.96. The van der Waals surface area contributed by atoms with Crippen LogP contribution in [-0.4, -0.2) is 4.98 Å². The maximum absolute atomic E-state index is 4.43. The van der Waals surface area contributed by atoms with Crippen molar-refractivity contribution in [3.63, 3.8) is 0 Å². The summed E-state index contributed by atoms with van der Waals surface area (Å²) in [7, 11) is 0. The lowest BCUT2D eigenvalue weighted by Crippen LogP contribution is -1.79. The zero-order chi connectivity index (χ0) is 10.6. The predicted molar refractivity (Wildman–Crippen MR) is 64.5 cm³/mol. The van der Waals surface area contributed by atoms with Gasteiger partial charge >= 0.3 is 0 Å². The second kappa shape index (κ2) is 4.91. The summed E-state index contributed by atoms with van der Waals surface area (Å²) in [6.07, 6.45) is 6.13. The molecule has 74 valence electrons. The Morgan fingerprint density at radius 2 is 2.21 bits per heavy atom. The summed E-state index contributed by atoms with van der Waals surface area (Å²) in [5.41, 5.74) is 3.29. The van der Waals surface area contributed by atoms with Crippen LogP contribution < -0.4 is 0 Å². The van der Waals surface area contributed by atoms with E-state index in [1.54, 1.807) is 11.3 Å². The number of thiazole rings is 1. The Balaban J connectivity index is 2.89. The lowest BCUT2D eigenvalue weighted by atomic mass is 10.2. The second-order valence-electron chi connectivity index (χ2n) is 3.22. The minimum Gasteiger partial charge on any atom is -0.241 e. The molecule has 0 saturated carbocycles. The molecule has 0 bridgehead atoms. The van der Waals surface area contributed by atoms with Gasteiger partial charge in [0.25, 0.3) is 0 Å². The van der Waals surface area contributed by atoms with E-state index in [1.807, 2.05) is 26.8 Å². The summed E-state index contributed by atoms with van der Waals surface area (Å²) in [5.74, 6) is 0. The van der Waals surface area contributed by atoms with Gasteiger partial charge in [-0.25, -0.2) is 4.98 Å². The molecule has 0 aliphatic carbocycles. The quantitative estimate of drug-likeness (QED) is 0.680. The van der Waals surface area contributed by atoms with Crippen LogP contribution in [-0.2, 0) is 0 Å². The van der Waals surface area contributed by atoms with Gasteiger partial charge in [0.2, 0.25) is 0 Å². The van der Waals surface area contributed by atoms with Crippen molar-refractivity contribution in [3.8, 4) is 0 Å². The minimum absolute atomic E-state index is 1.05. The first kappa shape index (κ1) is 10.9. The molecule has 0 N–H and O–H groups in total. The van der Waals surface area contributed by atoms with E-state index in [4.69, 9.17) is 0 Å². The van der Waals surface area contributed by atoms with Crippen LogP contribution in [0.5, 0.6) is 0 Å². The molecule has 0 aromatic carbocycles. The summed E-state index contributed by atoms with van der Waals surface area (Å²) >= 11 is 1.67. The van der Waals surface area contributed by atoms with Crippen molar-refractivity contribution in [2.75, 3.05) is 0 Å². The van der Waals surface area contributed by atoms with Gasteiger partial charge in [0.15, 0.2) is 0 Å². The van der Waals surface area contributed by atoms with E-state index in [-0.39, 0.29) is 0 Å². The molecule has 1 rings (SSSR count). The van der Waals surface area contributed by atoms with Crippen LogP contribution in [0.1, 0.15) is 24.5 Å². The molecule has 1 nitrogen and oxygen atoms in total. The van der Waals surface area contributed by atoms with E-state index in [0.29, 0.717) is 0 Å². The molecule has 14 heavy (non-hydrogen) atoms. The maximum atomic E-state index is 4.43. The third-order valence-corrected chi connectivity index (χ3v) is 2.73. The summed E-state index contributed by atoms with van der Waals surface area (Å²) in [4.78, 5) is 4.43. The molecule has 1 aromatic rings. The SMILES string of the molecule is C=C(C)/C=C\C(=C/C)c1nc(C)cs1. The Labute approximate surface area is 89.5 Å². The zero-order valence-corrected chi connectivity index (χ0v) is 9.69. The predicted octanol–water partition coefficient (Wildman–Crippen LogP) is 3.99. The molecule has 0 unspecified atom stereocenters. The average Bonchev–Trinajstić information content (AvgIpc) is 2.53. The van der Waals surface area contributed by atoms with Gasteiger partial charge in [0.05, 0.1) is 0 Å². The van der Waals surface area contributed by atoms with Crippen molar-refractivity contribution in [3.05, 3.63) is 46.5 Å². The molecule has 0 saturated heterocycles. The van der Waals surface area contributed by atoms with Crippen molar-refractivity contribution < 1.29 is 0 Å². The highest BCUT2D eigenvalue weighted by molar-refractivity contribution is 7.10.